The fourth-order valence-corrected chi connectivity index (χ4v) is 3.07. The lowest BCUT2D eigenvalue weighted by Crippen LogP contribution is -2.43. The van der Waals surface area contributed by atoms with Gasteiger partial charge in [-0.25, -0.2) is 4.39 Å². The number of piperidine rings is 1. The van der Waals surface area contributed by atoms with Crippen LogP contribution < -0.4 is 10.6 Å². The predicted octanol–water partition coefficient (Wildman–Crippen LogP) is 2.67. The molecule has 0 radical (unpaired) electrons. The zero-order valence-corrected chi connectivity index (χ0v) is 14.5. The van der Waals surface area contributed by atoms with Crippen molar-refractivity contribution in [2.75, 3.05) is 39.8 Å². The monoisotopic (exact) mass is 340 g/mol. The molecular formula is C17H26ClFN4. The molecule has 0 spiro atoms. The van der Waals surface area contributed by atoms with Gasteiger partial charge >= 0.3 is 0 Å². The smallest absolute Gasteiger partial charge is 0.191 e. The third kappa shape index (κ3) is 5.99. The van der Waals surface area contributed by atoms with Crippen molar-refractivity contribution in [2.45, 2.75) is 25.7 Å². The van der Waals surface area contributed by atoms with Gasteiger partial charge in [0.1, 0.15) is 5.82 Å². The van der Waals surface area contributed by atoms with Gasteiger partial charge in [-0.15, -0.1) is 0 Å². The topological polar surface area (TPSA) is 39.7 Å². The molecule has 0 atom stereocenters. The highest BCUT2D eigenvalue weighted by Crippen LogP contribution is 2.18. The number of nitrogens with zero attached hydrogens (tertiary/aromatic N) is 2. The lowest BCUT2D eigenvalue weighted by molar-refractivity contribution is 0.232. The van der Waals surface area contributed by atoms with Crippen LogP contribution in [0.4, 0.5) is 4.39 Å². The van der Waals surface area contributed by atoms with E-state index in [-0.39, 0.29) is 5.82 Å². The summed E-state index contributed by atoms with van der Waals surface area (Å²) in [6, 6.07) is 4.77. The number of aliphatic imine (C=N–C) groups is 1. The lowest BCUT2D eigenvalue weighted by Gasteiger charge is -2.26. The van der Waals surface area contributed by atoms with Crippen LogP contribution in [0.2, 0.25) is 5.02 Å². The molecule has 2 rings (SSSR count). The largest absolute Gasteiger partial charge is 0.356 e. The number of hydrogen-bond acceptors (Lipinski definition) is 2. The number of benzene rings is 1. The van der Waals surface area contributed by atoms with Gasteiger partial charge < -0.3 is 15.5 Å². The van der Waals surface area contributed by atoms with Gasteiger partial charge in [-0.1, -0.05) is 24.1 Å². The second kappa shape index (κ2) is 9.73. The Labute approximate surface area is 143 Å². The number of nitrogens with one attached hydrogen (secondary N) is 2. The normalized spacial score (nSPS) is 16.4. The van der Waals surface area contributed by atoms with Crippen molar-refractivity contribution < 1.29 is 4.39 Å². The molecule has 0 bridgehead atoms. The van der Waals surface area contributed by atoms with Crippen molar-refractivity contribution >= 4 is 17.6 Å². The van der Waals surface area contributed by atoms with Crippen LogP contribution in [-0.4, -0.2) is 50.6 Å². The molecular weight excluding hydrogens is 315 g/mol. The van der Waals surface area contributed by atoms with Crippen LogP contribution in [0.1, 0.15) is 24.8 Å². The van der Waals surface area contributed by atoms with E-state index in [1.54, 1.807) is 19.2 Å². The molecule has 1 aromatic carbocycles. The van der Waals surface area contributed by atoms with Gasteiger partial charge in [0.2, 0.25) is 0 Å². The molecule has 1 aromatic rings. The van der Waals surface area contributed by atoms with Gasteiger partial charge in [0, 0.05) is 37.3 Å². The Bertz CT molecular complexity index is 495. The Morgan fingerprint density at radius 2 is 1.96 bits per heavy atom. The van der Waals surface area contributed by atoms with E-state index >= 15 is 0 Å². The van der Waals surface area contributed by atoms with E-state index in [2.05, 4.69) is 20.5 Å². The van der Waals surface area contributed by atoms with Crippen LogP contribution in [0.25, 0.3) is 0 Å². The first-order valence-electron chi connectivity index (χ1n) is 8.30. The summed E-state index contributed by atoms with van der Waals surface area (Å²) in [6.07, 6.45) is 4.48. The highest BCUT2D eigenvalue weighted by molar-refractivity contribution is 6.31. The van der Waals surface area contributed by atoms with E-state index in [1.807, 2.05) is 0 Å². The van der Waals surface area contributed by atoms with E-state index in [4.69, 9.17) is 11.6 Å². The number of hydrogen-bond donors (Lipinski definition) is 2. The Morgan fingerprint density at radius 1 is 1.22 bits per heavy atom. The van der Waals surface area contributed by atoms with Gasteiger partial charge in [-0.2, -0.15) is 0 Å². The number of rotatable bonds is 6. The minimum atomic E-state index is -0.257. The maximum Gasteiger partial charge on any atom is 0.191 e. The zero-order chi connectivity index (χ0) is 16.5. The molecule has 0 aromatic heterocycles. The first kappa shape index (κ1) is 18.0. The van der Waals surface area contributed by atoms with Crippen LogP contribution in [0.3, 0.4) is 0 Å². The zero-order valence-electron chi connectivity index (χ0n) is 13.7. The summed E-state index contributed by atoms with van der Waals surface area (Å²) in [5.41, 5.74) is 0.547. The highest BCUT2D eigenvalue weighted by Gasteiger charge is 2.10. The summed E-state index contributed by atoms with van der Waals surface area (Å²) in [5.74, 6) is 0.488. The molecule has 1 saturated heterocycles. The van der Waals surface area contributed by atoms with Gasteiger partial charge in [-0.3, -0.25) is 4.99 Å². The van der Waals surface area contributed by atoms with Crippen LogP contribution in [-0.2, 0) is 6.42 Å². The Balaban J connectivity index is 1.68. The molecule has 23 heavy (non-hydrogen) atoms. The second-order valence-corrected chi connectivity index (χ2v) is 6.19. The van der Waals surface area contributed by atoms with Crippen molar-refractivity contribution in [3.8, 4) is 0 Å². The Kier molecular flexibility index (Phi) is 7.62. The number of guanidine groups is 1. The minimum absolute atomic E-state index is 0.257. The summed E-state index contributed by atoms with van der Waals surface area (Å²) < 4.78 is 13.7. The maximum atomic E-state index is 13.7. The van der Waals surface area contributed by atoms with Gasteiger partial charge in [0.05, 0.1) is 0 Å². The molecule has 0 aliphatic carbocycles. The summed E-state index contributed by atoms with van der Waals surface area (Å²) in [4.78, 5) is 6.67. The van der Waals surface area contributed by atoms with Gasteiger partial charge in [-0.05, 0) is 44.5 Å². The lowest BCUT2D eigenvalue weighted by atomic mass is 10.1. The fourth-order valence-electron chi connectivity index (χ4n) is 2.81. The van der Waals surface area contributed by atoms with E-state index in [0.717, 1.165) is 19.0 Å². The molecule has 4 nitrogen and oxygen atoms in total. The molecule has 1 heterocycles. The molecule has 1 aliphatic rings. The van der Waals surface area contributed by atoms with Crippen LogP contribution in [0.15, 0.2) is 23.2 Å². The summed E-state index contributed by atoms with van der Waals surface area (Å²) >= 11 is 6.03. The summed E-state index contributed by atoms with van der Waals surface area (Å²) in [7, 11) is 1.74. The molecule has 0 saturated carbocycles. The highest BCUT2D eigenvalue weighted by atomic mass is 35.5. The Morgan fingerprint density at radius 3 is 2.65 bits per heavy atom. The molecule has 6 heteroatoms. The Hall–Kier alpha value is -1.33. The average molecular weight is 341 g/mol. The summed E-state index contributed by atoms with van der Waals surface area (Å²) in [5, 5.41) is 6.98. The minimum Gasteiger partial charge on any atom is -0.356 e. The van der Waals surface area contributed by atoms with E-state index in [0.29, 0.717) is 23.6 Å². The molecule has 1 aliphatic heterocycles. The van der Waals surface area contributed by atoms with Gasteiger partial charge in [0.15, 0.2) is 5.96 Å². The molecule has 128 valence electrons. The second-order valence-electron chi connectivity index (χ2n) is 5.78. The molecule has 0 unspecified atom stereocenters. The van der Waals surface area contributed by atoms with Gasteiger partial charge in [0.25, 0.3) is 0 Å². The van der Waals surface area contributed by atoms with Crippen molar-refractivity contribution in [1.29, 1.82) is 0 Å². The van der Waals surface area contributed by atoms with Crippen LogP contribution in [0, 0.1) is 5.82 Å². The maximum absolute atomic E-state index is 13.7. The van der Waals surface area contributed by atoms with Crippen LogP contribution in [0.5, 0.6) is 0 Å². The van der Waals surface area contributed by atoms with E-state index < -0.39 is 0 Å². The van der Waals surface area contributed by atoms with Crippen LogP contribution >= 0.6 is 11.6 Å². The number of likely N-dealkylation sites (tertiary alicyclic amines) is 1. The standard InChI is InChI=1S/C17H26ClFN4/c1-20-17(22-10-13-23-11-3-2-4-12-23)21-9-8-14-15(18)6-5-7-16(14)19/h5-7H,2-4,8-13H2,1H3,(H2,20,21,22). The first-order valence-corrected chi connectivity index (χ1v) is 8.68. The van der Waals surface area contributed by atoms with Crippen molar-refractivity contribution in [3.63, 3.8) is 0 Å². The SMILES string of the molecule is CN=C(NCCc1c(F)cccc1Cl)NCCN1CCCCC1. The molecule has 1 fully saturated rings. The first-order chi connectivity index (χ1) is 11.2. The van der Waals surface area contributed by atoms with Crippen molar-refractivity contribution in [3.05, 3.63) is 34.6 Å². The van der Waals surface area contributed by atoms with Crippen molar-refractivity contribution in [1.82, 2.24) is 15.5 Å². The number of halogens is 2. The fraction of sp³-hybridized carbons (Fsp3) is 0.588. The quantitative estimate of drug-likeness (QED) is 0.618. The molecule has 0 amide bonds. The average Bonchev–Trinajstić information content (AvgIpc) is 2.57. The van der Waals surface area contributed by atoms with Crippen molar-refractivity contribution in [2.24, 2.45) is 4.99 Å². The summed E-state index contributed by atoms with van der Waals surface area (Å²) in [6.45, 7) is 4.86. The molecule has 2 N–H and O–H groups in total. The third-order valence-corrected chi connectivity index (χ3v) is 4.48. The van der Waals surface area contributed by atoms with E-state index in [1.165, 1.54) is 38.4 Å². The predicted molar refractivity (Wildman–Crippen MR) is 94.8 cm³/mol. The van der Waals surface area contributed by atoms with E-state index in [9.17, 15) is 4.39 Å². The third-order valence-electron chi connectivity index (χ3n) is 4.12.